The molecule has 2 aliphatic rings. The summed E-state index contributed by atoms with van der Waals surface area (Å²) in [6.07, 6.45) is 4.08. The second kappa shape index (κ2) is 6.57. The van der Waals surface area contributed by atoms with Crippen LogP contribution in [0.5, 0.6) is 5.75 Å². The molecule has 2 heterocycles. The van der Waals surface area contributed by atoms with Gasteiger partial charge in [0.25, 0.3) is 0 Å². The molecule has 0 bridgehead atoms. The highest BCUT2D eigenvalue weighted by atomic mass is 79.9. The zero-order valence-electron chi connectivity index (χ0n) is 12.4. The first-order chi connectivity index (χ1) is 10.0. The fourth-order valence-electron chi connectivity index (χ4n) is 3.58. The third-order valence-electron chi connectivity index (χ3n) is 4.78. The van der Waals surface area contributed by atoms with Crippen LogP contribution in [0.4, 0.5) is 0 Å². The van der Waals surface area contributed by atoms with E-state index < -0.39 is 0 Å². The SMILES string of the molecule is CC1CN2CCCCC2CN1Cc1cc(Br)c(O)c(Br)c1. The van der Waals surface area contributed by atoms with E-state index in [2.05, 4.69) is 48.6 Å². The van der Waals surface area contributed by atoms with Gasteiger partial charge in [0.1, 0.15) is 5.75 Å². The van der Waals surface area contributed by atoms with Crippen molar-refractivity contribution in [3.05, 3.63) is 26.6 Å². The lowest BCUT2D eigenvalue weighted by atomic mass is 9.97. The van der Waals surface area contributed by atoms with E-state index in [1.807, 2.05) is 12.1 Å². The van der Waals surface area contributed by atoms with Crippen LogP contribution in [-0.4, -0.2) is 46.6 Å². The average Bonchev–Trinajstić information content (AvgIpc) is 2.45. The lowest BCUT2D eigenvalue weighted by Gasteiger charge is -2.47. The third-order valence-corrected chi connectivity index (χ3v) is 5.99. The summed E-state index contributed by atoms with van der Waals surface area (Å²) in [6, 6.07) is 5.38. The lowest BCUT2D eigenvalue weighted by Crippen LogP contribution is -2.58. The van der Waals surface area contributed by atoms with Crippen LogP contribution < -0.4 is 0 Å². The first-order valence-electron chi connectivity index (χ1n) is 7.69. The largest absolute Gasteiger partial charge is 0.506 e. The number of phenols is 1. The normalized spacial score (nSPS) is 27.6. The number of phenolic OH excluding ortho intramolecular Hbond substituents is 1. The van der Waals surface area contributed by atoms with Crippen LogP contribution in [0.3, 0.4) is 0 Å². The maximum Gasteiger partial charge on any atom is 0.143 e. The Morgan fingerprint density at radius 1 is 1.19 bits per heavy atom. The van der Waals surface area contributed by atoms with E-state index in [1.54, 1.807) is 0 Å². The van der Waals surface area contributed by atoms with Gasteiger partial charge in [0.15, 0.2) is 0 Å². The van der Waals surface area contributed by atoms with Crippen LogP contribution >= 0.6 is 31.9 Å². The molecule has 2 aliphatic heterocycles. The van der Waals surface area contributed by atoms with Gasteiger partial charge in [0.2, 0.25) is 0 Å². The molecule has 5 heteroatoms. The molecular weight excluding hydrogens is 396 g/mol. The molecule has 1 N–H and O–H groups in total. The Labute approximate surface area is 143 Å². The molecule has 21 heavy (non-hydrogen) atoms. The van der Waals surface area contributed by atoms with Crippen molar-refractivity contribution in [1.82, 2.24) is 9.80 Å². The summed E-state index contributed by atoms with van der Waals surface area (Å²) in [5, 5.41) is 9.83. The molecule has 2 saturated heterocycles. The van der Waals surface area contributed by atoms with E-state index in [0.717, 1.165) is 28.1 Å². The predicted octanol–water partition coefficient (Wildman–Crippen LogP) is 3.98. The van der Waals surface area contributed by atoms with E-state index in [4.69, 9.17) is 0 Å². The summed E-state index contributed by atoms with van der Waals surface area (Å²) in [6.45, 7) is 6.90. The molecule has 2 fully saturated rings. The monoisotopic (exact) mass is 416 g/mol. The first-order valence-corrected chi connectivity index (χ1v) is 9.28. The van der Waals surface area contributed by atoms with Crippen LogP contribution in [0.15, 0.2) is 21.1 Å². The maximum absolute atomic E-state index is 9.83. The van der Waals surface area contributed by atoms with E-state index in [1.165, 1.54) is 37.9 Å². The minimum absolute atomic E-state index is 0.281. The van der Waals surface area contributed by atoms with Gasteiger partial charge in [0.05, 0.1) is 8.95 Å². The Hall–Kier alpha value is -0.100. The molecular formula is C16H22Br2N2O. The number of hydrogen-bond acceptors (Lipinski definition) is 3. The van der Waals surface area contributed by atoms with Gasteiger partial charge >= 0.3 is 0 Å². The molecule has 0 aromatic heterocycles. The van der Waals surface area contributed by atoms with Crippen LogP contribution in [-0.2, 0) is 6.54 Å². The Kier molecular flexibility index (Phi) is 4.94. The minimum atomic E-state index is 0.281. The summed E-state index contributed by atoms with van der Waals surface area (Å²) < 4.78 is 1.52. The Balaban J connectivity index is 1.72. The van der Waals surface area contributed by atoms with Gasteiger partial charge < -0.3 is 5.11 Å². The molecule has 0 saturated carbocycles. The predicted molar refractivity (Wildman–Crippen MR) is 92.6 cm³/mol. The second-order valence-electron chi connectivity index (χ2n) is 6.33. The van der Waals surface area contributed by atoms with Crippen molar-refractivity contribution < 1.29 is 5.11 Å². The van der Waals surface area contributed by atoms with Crippen molar-refractivity contribution >= 4 is 31.9 Å². The van der Waals surface area contributed by atoms with E-state index in [9.17, 15) is 5.11 Å². The topological polar surface area (TPSA) is 26.7 Å². The third kappa shape index (κ3) is 3.46. The van der Waals surface area contributed by atoms with Crippen molar-refractivity contribution in [3.63, 3.8) is 0 Å². The van der Waals surface area contributed by atoms with Crippen molar-refractivity contribution in [3.8, 4) is 5.75 Å². The summed E-state index contributed by atoms with van der Waals surface area (Å²) in [7, 11) is 0. The molecule has 2 unspecified atom stereocenters. The molecule has 2 atom stereocenters. The zero-order valence-corrected chi connectivity index (χ0v) is 15.5. The van der Waals surface area contributed by atoms with Gasteiger partial charge in [-0.15, -0.1) is 0 Å². The average molecular weight is 418 g/mol. The highest BCUT2D eigenvalue weighted by Gasteiger charge is 2.32. The zero-order chi connectivity index (χ0) is 15.0. The second-order valence-corrected chi connectivity index (χ2v) is 8.04. The number of hydrogen-bond donors (Lipinski definition) is 1. The number of nitrogens with zero attached hydrogens (tertiary/aromatic N) is 2. The van der Waals surface area contributed by atoms with Gasteiger partial charge in [-0.3, -0.25) is 9.80 Å². The van der Waals surface area contributed by atoms with E-state index in [0.29, 0.717) is 6.04 Å². The lowest BCUT2D eigenvalue weighted by molar-refractivity contribution is 0.0111. The van der Waals surface area contributed by atoms with Crippen LogP contribution in [0, 0.1) is 0 Å². The number of rotatable bonds is 2. The molecule has 1 aromatic carbocycles. The number of fused-ring (bicyclic) bond motifs is 1. The van der Waals surface area contributed by atoms with E-state index in [-0.39, 0.29) is 5.75 Å². The van der Waals surface area contributed by atoms with Crippen molar-refractivity contribution in [1.29, 1.82) is 0 Å². The highest BCUT2D eigenvalue weighted by molar-refractivity contribution is 9.11. The van der Waals surface area contributed by atoms with Gasteiger partial charge in [-0.05, 0) is 75.9 Å². The summed E-state index contributed by atoms with van der Waals surface area (Å²) >= 11 is 6.85. The van der Waals surface area contributed by atoms with Gasteiger partial charge in [0, 0.05) is 31.7 Å². The van der Waals surface area contributed by atoms with Crippen LogP contribution in [0.1, 0.15) is 31.7 Å². The van der Waals surface area contributed by atoms with Crippen molar-refractivity contribution in [2.75, 3.05) is 19.6 Å². The summed E-state index contributed by atoms with van der Waals surface area (Å²) in [4.78, 5) is 5.26. The molecule has 3 rings (SSSR count). The maximum atomic E-state index is 9.83. The standard InChI is InChI=1S/C16H22Br2N2O/c1-11-8-19-5-3-2-4-13(19)10-20(11)9-12-6-14(17)16(21)15(18)7-12/h6-7,11,13,21H,2-5,8-10H2,1H3. The highest BCUT2D eigenvalue weighted by Crippen LogP contribution is 2.34. The van der Waals surface area contributed by atoms with Gasteiger partial charge in [-0.25, -0.2) is 0 Å². The Morgan fingerprint density at radius 2 is 1.90 bits per heavy atom. The molecule has 0 aliphatic carbocycles. The summed E-state index contributed by atoms with van der Waals surface area (Å²) in [5.74, 6) is 0.281. The number of aromatic hydroxyl groups is 1. The molecule has 0 radical (unpaired) electrons. The minimum Gasteiger partial charge on any atom is -0.506 e. The smallest absolute Gasteiger partial charge is 0.143 e. The Morgan fingerprint density at radius 3 is 2.62 bits per heavy atom. The summed E-state index contributed by atoms with van der Waals surface area (Å²) in [5.41, 5.74) is 1.24. The van der Waals surface area contributed by atoms with Crippen molar-refractivity contribution in [2.45, 2.75) is 44.8 Å². The quantitative estimate of drug-likeness (QED) is 0.788. The number of benzene rings is 1. The van der Waals surface area contributed by atoms with Crippen LogP contribution in [0.25, 0.3) is 0 Å². The van der Waals surface area contributed by atoms with Gasteiger partial charge in [-0.2, -0.15) is 0 Å². The number of piperazine rings is 1. The molecule has 0 spiro atoms. The number of halogens is 2. The molecule has 3 nitrogen and oxygen atoms in total. The first kappa shape index (κ1) is 15.8. The Bertz CT molecular complexity index is 500. The fourth-order valence-corrected chi connectivity index (χ4v) is 4.86. The van der Waals surface area contributed by atoms with Gasteiger partial charge in [-0.1, -0.05) is 6.42 Å². The molecule has 116 valence electrons. The molecule has 1 aromatic rings. The fraction of sp³-hybridized carbons (Fsp3) is 0.625. The van der Waals surface area contributed by atoms with Crippen molar-refractivity contribution in [2.24, 2.45) is 0 Å². The van der Waals surface area contributed by atoms with Crippen LogP contribution in [0.2, 0.25) is 0 Å². The molecule has 0 amide bonds. The number of piperidine rings is 1. The van der Waals surface area contributed by atoms with E-state index >= 15 is 0 Å².